The summed E-state index contributed by atoms with van der Waals surface area (Å²) in [6.45, 7) is 2.72. The summed E-state index contributed by atoms with van der Waals surface area (Å²) in [4.78, 5) is 21.2. The fourth-order valence-electron chi connectivity index (χ4n) is 3.51. The Bertz CT molecular complexity index is 1250. The van der Waals surface area contributed by atoms with Gasteiger partial charge >= 0.3 is 0 Å². The van der Waals surface area contributed by atoms with E-state index in [4.69, 9.17) is 4.74 Å². The maximum absolute atomic E-state index is 12.9. The first-order valence-electron chi connectivity index (χ1n) is 9.33. The van der Waals surface area contributed by atoms with Crippen molar-refractivity contribution in [2.45, 2.75) is 19.7 Å². The van der Waals surface area contributed by atoms with Gasteiger partial charge in [-0.25, -0.2) is 9.37 Å². The Morgan fingerprint density at radius 1 is 1.17 bits per heavy atom. The van der Waals surface area contributed by atoms with Crippen LogP contribution in [-0.2, 0) is 19.7 Å². The summed E-state index contributed by atoms with van der Waals surface area (Å²) in [6, 6.07) is 11.9. The molecule has 1 aliphatic heterocycles. The molecular formula is C21H19ClFN5O2. The number of nitrogens with zero attached hydrogens (tertiary/aromatic N) is 4. The average Bonchev–Trinajstić information content (AvgIpc) is 3.11. The molecule has 0 saturated carbocycles. The highest BCUT2D eigenvalue weighted by Crippen LogP contribution is 2.21. The zero-order chi connectivity index (χ0) is 19.8. The summed E-state index contributed by atoms with van der Waals surface area (Å²) < 4.78 is 22.3. The molecule has 1 aliphatic rings. The highest BCUT2D eigenvalue weighted by molar-refractivity contribution is 5.85. The van der Waals surface area contributed by atoms with Crippen molar-refractivity contribution in [3.63, 3.8) is 0 Å². The lowest BCUT2D eigenvalue weighted by molar-refractivity contribution is 0.300. The van der Waals surface area contributed by atoms with Crippen molar-refractivity contribution in [2.24, 2.45) is 0 Å². The lowest BCUT2D eigenvalue weighted by Gasteiger charge is -2.15. The molecule has 0 bridgehead atoms. The van der Waals surface area contributed by atoms with E-state index < -0.39 is 5.82 Å². The van der Waals surface area contributed by atoms with Crippen LogP contribution >= 0.6 is 12.4 Å². The molecule has 4 heterocycles. The molecule has 30 heavy (non-hydrogen) atoms. The Hall–Kier alpha value is -3.23. The number of nitrogens with one attached hydrogen (secondary N) is 1. The van der Waals surface area contributed by atoms with Crippen LogP contribution < -0.4 is 15.6 Å². The standard InChI is InChI=1S/C21H18FN5O2.ClH/c22-14-1-2-15(24-11-14)13-29-17-5-7-26(21(28)10-17)16-3-4-19-18(9-16)25-20-12-23-6-8-27(19)20;/h1-5,7,9-11,23H,6,8,12-13H2;1H. The highest BCUT2D eigenvalue weighted by Gasteiger charge is 2.14. The van der Waals surface area contributed by atoms with E-state index in [1.54, 1.807) is 22.9 Å². The maximum atomic E-state index is 12.9. The second-order valence-electron chi connectivity index (χ2n) is 6.86. The van der Waals surface area contributed by atoms with Gasteiger partial charge in [-0.15, -0.1) is 12.4 Å². The fourth-order valence-corrected chi connectivity index (χ4v) is 3.51. The van der Waals surface area contributed by atoms with Crippen molar-refractivity contribution in [3.8, 4) is 11.4 Å². The largest absolute Gasteiger partial charge is 0.487 e. The van der Waals surface area contributed by atoms with Crippen molar-refractivity contribution >= 4 is 23.4 Å². The summed E-state index contributed by atoms with van der Waals surface area (Å²) in [5.41, 5.74) is 3.07. The quantitative estimate of drug-likeness (QED) is 0.542. The number of benzene rings is 1. The number of hydrogen-bond acceptors (Lipinski definition) is 5. The summed E-state index contributed by atoms with van der Waals surface area (Å²) in [6.07, 6.45) is 2.81. The van der Waals surface area contributed by atoms with E-state index in [1.165, 1.54) is 12.1 Å². The number of halogens is 2. The van der Waals surface area contributed by atoms with E-state index in [2.05, 4.69) is 19.9 Å². The van der Waals surface area contributed by atoms with Gasteiger partial charge in [0.25, 0.3) is 5.56 Å². The van der Waals surface area contributed by atoms with Gasteiger partial charge in [0.1, 0.15) is 24.0 Å². The summed E-state index contributed by atoms with van der Waals surface area (Å²) >= 11 is 0. The lowest BCUT2D eigenvalue weighted by atomic mass is 10.2. The highest BCUT2D eigenvalue weighted by atomic mass is 35.5. The molecular weight excluding hydrogens is 409 g/mol. The summed E-state index contributed by atoms with van der Waals surface area (Å²) in [5, 5.41) is 3.31. The van der Waals surface area contributed by atoms with Crippen LogP contribution in [0.25, 0.3) is 16.7 Å². The topological polar surface area (TPSA) is 74.0 Å². The van der Waals surface area contributed by atoms with E-state index in [0.717, 1.165) is 48.4 Å². The maximum Gasteiger partial charge on any atom is 0.258 e. The Morgan fingerprint density at radius 2 is 2.07 bits per heavy atom. The van der Waals surface area contributed by atoms with E-state index in [-0.39, 0.29) is 24.6 Å². The second-order valence-corrected chi connectivity index (χ2v) is 6.86. The first-order valence-corrected chi connectivity index (χ1v) is 9.33. The summed E-state index contributed by atoms with van der Waals surface area (Å²) in [5.74, 6) is 1.04. The third kappa shape index (κ3) is 3.79. The number of pyridine rings is 2. The van der Waals surface area contributed by atoms with Gasteiger partial charge in [-0.3, -0.25) is 14.3 Å². The number of fused-ring (bicyclic) bond motifs is 3. The van der Waals surface area contributed by atoms with Crippen molar-refractivity contribution in [1.29, 1.82) is 0 Å². The molecule has 9 heteroatoms. The number of ether oxygens (including phenoxy) is 1. The molecule has 1 N–H and O–H groups in total. The van der Waals surface area contributed by atoms with Gasteiger partial charge in [0.05, 0.1) is 35.2 Å². The first kappa shape index (κ1) is 20.1. The minimum absolute atomic E-state index is 0. The third-order valence-electron chi connectivity index (χ3n) is 4.95. The lowest BCUT2D eigenvalue weighted by Crippen LogP contribution is -2.28. The predicted octanol–water partition coefficient (Wildman–Crippen LogP) is 2.83. The van der Waals surface area contributed by atoms with Crippen LogP contribution in [0.15, 0.2) is 59.7 Å². The van der Waals surface area contributed by atoms with Crippen LogP contribution in [0.2, 0.25) is 0 Å². The van der Waals surface area contributed by atoms with Crippen LogP contribution in [0, 0.1) is 5.82 Å². The Kier molecular flexibility index (Phi) is 5.52. The Labute approximate surface area is 177 Å². The molecule has 0 radical (unpaired) electrons. The molecule has 0 atom stereocenters. The molecule has 0 amide bonds. The van der Waals surface area contributed by atoms with Gasteiger partial charge in [-0.2, -0.15) is 0 Å². The van der Waals surface area contributed by atoms with Crippen LogP contribution in [0.5, 0.6) is 5.75 Å². The monoisotopic (exact) mass is 427 g/mol. The van der Waals surface area contributed by atoms with Crippen molar-refractivity contribution in [2.75, 3.05) is 6.54 Å². The Balaban J connectivity index is 0.00000218. The molecule has 0 aliphatic carbocycles. The zero-order valence-corrected chi connectivity index (χ0v) is 16.7. The molecule has 1 aromatic carbocycles. The zero-order valence-electron chi connectivity index (χ0n) is 15.9. The van der Waals surface area contributed by atoms with E-state index >= 15 is 0 Å². The van der Waals surface area contributed by atoms with E-state index in [0.29, 0.717) is 11.4 Å². The number of imidazole rings is 1. The molecule has 4 aromatic rings. The van der Waals surface area contributed by atoms with Crippen LogP contribution in [0.3, 0.4) is 0 Å². The first-order chi connectivity index (χ1) is 14.2. The molecule has 0 unspecified atom stereocenters. The summed E-state index contributed by atoms with van der Waals surface area (Å²) in [7, 11) is 0. The molecule has 154 valence electrons. The Morgan fingerprint density at radius 3 is 2.87 bits per heavy atom. The van der Waals surface area contributed by atoms with Gasteiger partial charge in [0, 0.05) is 25.4 Å². The normalized spacial score (nSPS) is 13.0. The van der Waals surface area contributed by atoms with Crippen molar-refractivity contribution < 1.29 is 9.13 Å². The SMILES string of the molecule is Cl.O=c1cc(OCc2ccc(F)cn2)ccn1-c1ccc2c(c1)nc1n2CCNC1. The molecule has 0 fully saturated rings. The molecule has 0 saturated heterocycles. The average molecular weight is 428 g/mol. The van der Waals surface area contributed by atoms with Crippen LogP contribution in [0.4, 0.5) is 4.39 Å². The fraction of sp³-hybridized carbons (Fsp3) is 0.190. The molecule has 5 rings (SSSR count). The van der Waals surface area contributed by atoms with Crippen molar-refractivity contribution in [3.05, 3.63) is 82.5 Å². The second kappa shape index (κ2) is 8.25. The van der Waals surface area contributed by atoms with Crippen LogP contribution in [0.1, 0.15) is 11.5 Å². The smallest absolute Gasteiger partial charge is 0.258 e. The van der Waals surface area contributed by atoms with Gasteiger partial charge in [0.2, 0.25) is 0 Å². The number of hydrogen-bond donors (Lipinski definition) is 1. The predicted molar refractivity (Wildman–Crippen MR) is 113 cm³/mol. The van der Waals surface area contributed by atoms with Gasteiger partial charge in [0.15, 0.2) is 0 Å². The minimum Gasteiger partial charge on any atom is -0.487 e. The van der Waals surface area contributed by atoms with E-state index in [9.17, 15) is 9.18 Å². The van der Waals surface area contributed by atoms with Gasteiger partial charge < -0.3 is 14.6 Å². The third-order valence-corrected chi connectivity index (χ3v) is 4.95. The van der Waals surface area contributed by atoms with Crippen LogP contribution in [-0.4, -0.2) is 25.6 Å². The molecule has 0 spiro atoms. The van der Waals surface area contributed by atoms with Gasteiger partial charge in [-0.1, -0.05) is 0 Å². The molecule has 3 aromatic heterocycles. The van der Waals surface area contributed by atoms with Crippen molar-refractivity contribution in [1.82, 2.24) is 24.4 Å². The minimum atomic E-state index is -0.400. The van der Waals surface area contributed by atoms with E-state index in [1.807, 2.05) is 18.2 Å². The number of rotatable bonds is 4. The van der Waals surface area contributed by atoms with Gasteiger partial charge in [-0.05, 0) is 36.4 Å². The molecule has 7 nitrogen and oxygen atoms in total. The number of aromatic nitrogens is 4.